The first-order valence-corrected chi connectivity index (χ1v) is 8.70. The fraction of sp³-hybridized carbons (Fsp3) is 0.692. The smallest absolute Gasteiger partial charge is 0.246 e. The van der Waals surface area contributed by atoms with Gasteiger partial charge in [0.1, 0.15) is 4.90 Å². The SMILES string of the molecule is CCN(CC)C1CCN(S(=O)(=O)c2cnc(NC)nc2)C1. The van der Waals surface area contributed by atoms with Crippen molar-refractivity contribution in [2.75, 3.05) is 38.5 Å². The molecular formula is C13H23N5O2S. The lowest BCUT2D eigenvalue weighted by molar-refractivity contribution is 0.224. The van der Waals surface area contributed by atoms with E-state index in [9.17, 15) is 8.42 Å². The first-order chi connectivity index (χ1) is 10.0. The van der Waals surface area contributed by atoms with Crippen molar-refractivity contribution in [3.8, 4) is 0 Å². The number of hydrogen-bond donors (Lipinski definition) is 1. The largest absolute Gasteiger partial charge is 0.357 e. The molecule has 1 unspecified atom stereocenters. The number of likely N-dealkylation sites (N-methyl/N-ethyl adjacent to an activating group) is 1. The first-order valence-electron chi connectivity index (χ1n) is 7.26. The van der Waals surface area contributed by atoms with Crippen LogP contribution in [-0.2, 0) is 10.0 Å². The molecule has 0 aliphatic carbocycles. The third-order valence-electron chi connectivity index (χ3n) is 3.94. The van der Waals surface area contributed by atoms with E-state index >= 15 is 0 Å². The average molecular weight is 313 g/mol. The molecule has 0 aromatic carbocycles. The molecule has 118 valence electrons. The van der Waals surface area contributed by atoms with Crippen LogP contribution in [0.1, 0.15) is 20.3 Å². The van der Waals surface area contributed by atoms with Gasteiger partial charge in [0.25, 0.3) is 0 Å². The molecule has 1 N–H and O–H groups in total. The number of nitrogens with one attached hydrogen (secondary N) is 1. The lowest BCUT2D eigenvalue weighted by Gasteiger charge is -2.26. The average Bonchev–Trinajstić information content (AvgIpc) is 2.99. The molecule has 0 bridgehead atoms. The Hall–Kier alpha value is -1.25. The van der Waals surface area contributed by atoms with Gasteiger partial charge in [0.15, 0.2) is 0 Å². The van der Waals surface area contributed by atoms with Gasteiger partial charge < -0.3 is 5.32 Å². The third-order valence-corrected chi connectivity index (χ3v) is 5.76. The predicted octanol–water partition coefficient (Wildman–Crippen LogP) is 0.623. The monoisotopic (exact) mass is 313 g/mol. The molecule has 0 radical (unpaired) electrons. The highest BCUT2D eigenvalue weighted by Gasteiger charge is 2.34. The number of rotatable bonds is 6. The summed E-state index contributed by atoms with van der Waals surface area (Å²) < 4.78 is 26.7. The van der Waals surface area contributed by atoms with E-state index in [1.165, 1.54) is 16.7 Å². The molecule has 2 rings (SSSR count). The molecule has 0 amide bonds. The molecule has 1 aromatic rings. The summed E-state index contributed by atoms with van der Waals surface area (Å²) in [5, 5.41) is 2.78. The van der Waals surface area contributed by atoms with Crippen molar-refractivity contribution in [1.82, 2.24) is 19.2 Å². The highest BCUT2D eigenvalue weighted by molar-refractivity contribution is 7.89. The van der Waals surface area contributed by atoms with Crippen LogP contribution in [0.4, 0.5) is 5.95 Å². The van der Waals surface area contributed by atoms with E-state index < -0.39 is 10.0 Å². The van der Waals surface area contributed by atoms with Gasteiger partial charge in [-0.05, 0) is 19.5 Å². The summed E-state index contributed by atoms with van der Waals surface area (Å²) in [5.74, 6) is 0.413. The summed E-state index contributed by atoms with van der Waals surface area (Å²) in [6, 6.07) is 0.298. The maximum absolute atomic E-state index is 12.6. The van der Waals surface area contributed by atoms with Gasteiger partial charge >= 0.3 is 0 Å². The van der Waals surface area contributed by atoms with E-state index in [1.807, 2.05) is 0 Å². The summed E-state index contributed by atoms with van der Waals surface area (Å²) in [6.07, 6.45) is 3.59. The zero-order chi connectivity index (χ0) is 15.5. The first kappa shape index (κ1) is 16.1. The lowest BCUT2D eigenvalue weighted by Crippen LogP contribution is -2.38. The van der Waals surface area contributed by atoms with Crippen molar-refractivity contribution >= 4 is 16.0 Å². The van der Waals surface area contributed by atoms with E-state index in [2.05, 4.69) is 34.0 Å². The van der Waals surface area contributed by atoms with Crippen molar-refractivity contribution in [3.05, 3.63) is 12.4 Å². The molecule has 1 aliphatic heterocycles. The molecule has 1 saturated heterocycles. The van der Waals surface area contributed by atoms with Gasteiger partial charge in [-0.25, -0.2) is 18.4 Å². The van der Waals surface area contributed by atoms with E-state index in [-0.39, 0.29) is 4.90 Å². The summed E-state index contributed by atoms with van der Waals surface area (Å²) in [5.41, 5.74) is 0. The second-order valence-corrected chi connectivity index (χ2v) is 6.96. The maximum Gasteiger partial charge on any atom is 0.246 e. The Morgan fingerprint density at radius 2 is 1.95 bits per heavy atom. The van der Waals surface area contributed by atoms with Crippen LogP contribution < -0.4 is 5.32 Å². The molecule has 1 aliphatic rings. The highest BCUT2D eigenvalue weighted by Crippen LogP contribution is 2.23. The van der Waals surface area contributed by atoms with Gasteiger partial charge in [0, 0.05) is 26.2 Å². The Morgan fingerprint density at radius 3 is 2.48 bits per heavy atom. The van der Waals surface area contributed by atoms with E-state index in [0.717, 1.165) is 19.5 Å². The molecule has 7 nitrogen and oxygen atoms in total. The zero-order valence-electron chi connectivity index (χ0n) is 12.8. The number of anilines is 1. The van der Waals surface area contributed by atoms with E-state index in [1.54, 1.807) is 7.05 Å². The minimum atomic E-state index is -3.49. The van der Waals surface area contributed by atoms with Crippen LogP contribution in [0.5, 0.6) is 0 Å². The standard InChI is InChI=1S/C13H23N5O2S/c1-4-17(5-2)11-6-7-18(10-11)21(19,20)12-8-15-13(14-3)16-9-12/h8-9,11H,4-7,10H2,1-3H3,(H,14,15,16). The maximum atomic E-state index is 12.6. The van der Waals surface area contributed by atoms with Crippen molar-refractivity contribution in [2.45, 2.75) is 31.2 Å². The number of hydrogen-bond acceptors (Lipinski definition) is 6. The molecule has 1 fully saturated rings. The van der Waals surface area contributed by atoms with Gasteiger partial charge in [-0.15, -0.1) is 0 Å². The molecular weight excluding hydrogens is 290 g/mol. The fourth-order valence-corrected chi connectivity index (χ4v) is 4.08. The highest BCUT2D eigenvalue weighted by atomic mass is 32.2. The number of sulfonamides is 1. The summed E-state index contributed by atoms with van der Waals surface area (Å²) in [7, 11) is -1.80. The van der Waals surface area contributed by atoms with E-state index in [0.29, 0.717) is 25.1 Å². The zero-order valence-corrected chi connectivity index (χ0v) is 13.6. The Balaban J connectivity index is 2.13. The predicted molar refractivity (Wildman–Crippen MR) is 81.7 cm³/mol. The van der Waals surface area contributed by atoms with Crippen LogP contribution in [0.2, 0.25) is 0 Å². The summed E-state index contributed by atoms with van der Waals surface area (Å²) in [4.78, 5) is 10.4. The Kier molecular flexibility index (Phi) is 5.13. The van der Waals surface area contributed by atoms with Crippen molar-refractivity contribution in [1.29, 1.82) is 0 Å². The van der Waals surface area contributed by atoms with Crippen LogP contribution in [0, 0.1) is 0 Å². The molecule has 1 atom stereocenters. The topological polar surface area (TPSA) is 78.4 Å². The molecule has 21 heavy (non-hydrogen) atoms. The summed E-state index contributed by atoms with van der Waals surface area (Å²) in [6.45, 7) is 7.18. The Morgan fingerprint density at radius 1 is 1.33 bits per heavy atom. The van der Waals surface area contributed by atoms with Gasteiger partial charge in [-0.3, -0.25) is 4.90 Å². The normalized spacial score (nSPS) is 20.1. The molecule has 2 heterocycles. The second-order valence-electron chi connectivity index (χ2n) is 5.02. The summed E-state index contributed by atoms with van der Waals surface area (Å²) >= 11 is 0. The number of nitrogens with zero attached hydrogens (tertiary/aromatic N) is 4. The molecule has 8 heteroatoms. The van der Waals surface area contributed by atoms with Crippen LogP contribution in [-0.4, -0.2) is 66.9 Å². The fourth-order valence-electron chi connectivity index (χ4n) is 2.69. The second kappa shape index (κ2) is 6.67. The Labute approximate surface area is 126 Å². The van der Waals surface area contributed by atoms with Gasteiger partial charge in [-0.2, -0.15) is 4.31 Å². The van der Waals surface area contributed by atoms with Gasteiger partial charge in [-0.1, -0.05) is 13.8 Å². The third kappa shape index (κ3) is 3.33. The van der Waals surface area contributed by atoms with Crippen molar-refractivity contribution < 1.29 is 8.42 Å². The molecule has 1 aromatic heterocycles. The number of aromatic nitrogens is 2. The lowest BCUT2D eigenvalue weighted by atomic mass is 10.2. The van der Waals surface area contributed by atoms with Crippen LogP contribution in [0.15, 0.2) is 17.3 Å². The van der Waals surface area contributed by atoms with Gasteiger partial charge in [0.2, 0.25) is 16.0 Å². The molecule has 0 spiro atoms. The van der Waals surface area contributed by atoms with Crippen molar-refractivity contribution in [3.63, 3.8) is 0 Å². The molecule has 0 saturated carbocycles. The van der Waals surface area contributed by atoms with E-state index in [4.69, 9.17) is 0 Å². The minimum Gasteiger partial charge on any atom is -0.357 e. The Bertz CT molecular complexity index is 556. The minimum absolute atomic E-state index is 0.154. The van der Waals surface area contributed by atoms with Crippen molar-refractivity contribution in [2.24, 2.45) is 0 Å². The van der Waals surface area contributed by atoms with Crippen LogP contribution >= 0.6 is 0 Å². The van der Waals surface area contributed by atoms with Crippen LogP contribution in [0.25, 0.3) is 0 Å². The van der Waals surface area contributed by atoms with Gasteiger partial charge in [0.05, 0.1) is 12.4 Å². The quantitative estimate of drug-likeness (QED) is 0.829. The van der Waals surface area contributed by atoms with Crippen LogP contribution in [0.3, 0.4) is 0 Å².